The summed E-state index contributed by atoms with van der Waals surface area (Å²) in [5, 5.41) is 10.0. The second-order valence-corrected chi connectivity index (χ2v) is 4.84. The predicted molar refractivity (Wildman–Crippen MR) is 79.1 cm³/mol. The Labute approximate surface area is 119 Å². The van der Waals surface area contributed by atoms with E-state index < -0.39 is 17.3 Å². The van der Waals surface area contributed by atoms with Gasteiger partial charge in [-0.15, -0.1) is 0 Å². The second-order valence-electron chi connectivity index (χ2n) is 4.84. The minimum Gasteiger partial charge on any atom is -0.505 e. The maximum atomic E-state index is 12.6. The summed E-state index contributed by atoms with van der Waals surface area (Å²) in [7, 11) is 0. The molecular formula is C14H12N4O3. The van der Waals surface area contributed by atoms with Crippen LogP contribution in [0.4, 0.5) is 22.7 Å². The molecule has 3 rings (SSSR count). The Morgan fingerprint density at radius 2 is 1.33 bits per heavy atom. The van der Waals surface area contributed by atoms with Gasteiger partial charge < -0.3 is 28.0 Å². The summed E-state index contributed by atoms with van der Waals surface area (Å²) in [6.07, 6.45) is 0. The molecule has 0 aromatic heterocycles. The zero-order valence-electron chi connectivity index (χ0n) is 10.8. The molecule has 0 amide bonds. The van der Waals surface area contributed by atoms with E-state index in [1.54, 1.807) is 0 Å². The first-order chi connectivity index (χ1) is 9.82. The molecule has 0 aliphatic heterocycles. The van der Waals surface area contributed by atoms with Crippen LogP contribution in [-0.4, -0.2) is 16.7 Å². The first-order valence-electron chi connectivity index (χ1n) is 6.02. The summed E-state index contributed by atoms with van der Waals surface area (Å²) < 4.78 is 0. The molecule has 0 fully saturated rings. The monoisotopic (exact) mass is 284 g/mol. The van der Waals surface area contributed by atoms with Crippen molar-refractivity contribution >= 4 is 34.3 Å². The smallest absolute Gasteiger partial charge is 0.198 e. The van der Waals surface area contributed by atoms with Crippen LogP contribution >= 0.6 is 0 Å². The van der Waals surface area contributed by atoms with Crippen LogP contribution in [0, 0.1) is 0 Å². The van der Waals surface area contributed by atoms with Gasteiger partial charge in [0.05, 0.1) is 22.4 Å². The molecule has 2 aromatic carbocycles. The first kappa shape index (κ1) is 12.8. The molecule has 0 atom stereocenters. The van der Waals surface area contributed by atoms with Crippen molar-refractivity contribution in [2.24, 2.45) is 0 Å². The van der Waals surface area contributed by atoms with Crippen LogP contribution in [0.3, 0.4) is 0 Å². The number of phenols is 1. The lowest BCUT2D eigenvalue weighted by Crippen LogP contribution is -2.24. The van der Waals surface area contributed by atoms with Crippen LogP contribution in [0.2, 0.25) is 0 Å². The van der Waals surface area contributed by atoms with Gasteiger partial charge in [0, 0.05) is 22.6 Å². The van der Waals surface area contributed by atoms with Gasteiger partial charge in [0.25, 0.3) is 0 Å². The minimum atomic E-state index is -0.588. The number of aromatic hydroxyl groups is 1. The summed E-state index contributed by atoms with van der Waals surface area (Å²) in [4.78, 5) is 25.1. The third kappa shape index (κ3) is 1.54. The van der Waals surface area contributed by atoms with Gasteiger partial charge in [0.2, 0.25) is 0 Å². The molecular weight excluding hydrogens is 272 g/mol. The van der Waals surface area contributed by atoms with E-state index in [0.29, 0.717) is 0 Å². The average Bonchev–Trinajstić information content (AvgIpc) is 2.39. The van der Waals surface area contributed by atoms with Gasteiger partial charge in [-0.25, -0.2) is 0 Å². The highest BCUT2D eigenvalue weighted by Gasteiger charge is 2.36. The van der Waals surface area contributed by atoms with Gasteiger partial charge >= 0.3 is 0 Å². The highest BCUT2D eigenvalue weighted by molar-refractivity contribution is 6.33. The highest BCUT2D eigenvalue weighted by atomic mass is 16.3. The van der Waals surface area contributed by atoms with Crippen LogP contribution in [0.15, 0.2) is 18.2 Å². The number of ketones is 2. The molecule has 0 radical (unpaired) electrons. The van der Waals surface area contributed by atoms with E-state index in [4.69, 9.17) is 22.9 Å². The molecule has 7 heteroatoms. The number of phenolic OH excluding ortho intramolecular Hbond substituents is 1. The molecule has 7 nitrogen and oxygen atoms in total. The molecule has 0 bridgehead atoms. The van der Waals surface area contributed by atoms with E-state index >= 15 is 0 Å². The Kier molecular flexibility index (Phi) is 2.37. The lowest BCUT2D eigenvalue weighted by Gasteiger charge is -2.22. The van der Waals surface area contributed by atoms with Crippen LogP contribution in [0.5, 0.6) is 5.75 Å². The van der Waals surface area contributed by atoms with E-state index in [9.17, 15) is 14.7 Å². The van der Waals surface area contributed by atoms with Gasteiger partial charge in [0.15, 0.2) is 17.3 Å². The van der Waals surface area contributed by atoms with Crippen molar-refractivity contribution in [1.82, 2.24) is 0 Å². The Balaban J connectivity index is 2.44. The molecule has 0 heterocycles. The quantitative estimate of drug-likeness (QED) is 0.228. The molecule has 21 heavy (non-hydrogen) atoms. The number of hydrogen-bond donors (Lipinski definition) is 5. The van der Waals surface area contributed by atoms with E-state index in [1.165, 1.54) is 18.2 Å². The molecule has 0 spiro atoms. The number of hydrogen-bond acceptors (Lipinski definition) is 7. The number of benzene rings is 2. The fourth-order valence-corrected chi connectivity index (χ4v) is 2.56. The van der Waals surface area contributed by atoms with Crippen LogP contribution in [0.1, 0.15) is 31.8 Å². The highest BCUT2D eigenvalue weighted by Crippen LogP contribution is 2.41. The van der Waals surface area contributed by atoms with Gasteiger partial charge in [0.1, 0.15) is 0 Å². The van der Waals surface area contributed by atoms with Crippen molar-refractivity contribution in [3.05, 3.63) is 40.5 Å². The third-order valence-electron chi connectivity index (χ3n) is 3.48. The summed E-state index contributed by atoms with van der Waals surface area (Å²) in [6.45, 7) is 0. The molecule has 0 unspecified atom stereocenters. The Bertz CT molecular complexity index is 843. The summed E-state index contributed by atoms with van der Waals surface area (Å²) in [5.41, 5.74) is 22.8. The fourth-order valence-electron chi connectivity index (χ4n) is 2.56. The zero-order valence-corrected chi connectivity index (χ0v) is 10.8. The van der Waals surface area contributed by atoms with Gasteiger partial charge in [-0.05, 0) is 18.2 Å². The van der Waals surface area contributed by atoms with Crippen molar-refractivity contribution in [3.63, 3.8) is 0 Å². The first-order valence-corrected chi connectivity index (χ1v) is 6.02. The largest absolute Gasteiger partial charge is 0.505 e. The van der Waals surface area contributed by atoms with Crippen molar-refractivity contribution < 1.29 is 14.7 Å². The van der Waals surface area contributed by atoms with E-state index in [-0.39, 0.29) is 45.0 Å². The Morgan fingerprint density at radius 3 is 2.00 bits per heavy atom. The number of nitrogen functional groups attached to an aromatic ring is 4. The van der Waals surface area contributed by atoms with Crippen LogP contribution in [-0.2, 0) is 0 Å². The standard InChI is InChI=1S/C14H12N4O3/c15-4-1-5-9(6(16)2-4)14(21)10-7(17)3-8(18)13(20)11(10)12(5)19/h1-3,20H,15-18H2. The van der Waals surface area contributed by atoms with Crippen molar-refractivity contribution in [1.29, 1.82) is 0 Å². The molecule has 106 valence electrons. The number of carbonyl (C=O) groups excluding carboxylic acids is 2. The van der Waals surface area contributed by atoms with E-state index in [2.05, 4.69) is 0 Å². The van der Waals surface area contributed by atoms with Crippen LogP contribution in [0.25, 0.3) is 0 Å². The molecule has 2 aromatic rings. The van der Waals surface area contributed by atoms with E-state index in [1.807, 2.05) is 0 Å². The van der Waals surface area contributed by atoms with Gasteiger partial charge in [-0.3, -0.25) is 9.59 Å². The van der Waals surface area contributed by atoms with Gasteiger partial charge in [-0.2, -0.15) is 0 Å². The summed E-state index contributed by atoms with van der Waals surface area (Å²) in [6, 6.07) is 3.97. The third-order valence-corrected chi connectivity index (χ3v) is 3.48. The maximum absolute atomic E-state index is 12.6. The number of anilines is 4. The maximum Gasteiger partial charge on any atom is 0.198 e. The molecule has 9 N–H and O–H groups in total. The Hall–Kier alpha value is -3.22. The zero-order chi connectivity index (χ0) is 15.5. The topological polar surface area (TPSA) is 158 Å². The fraction of sp³-hybridized carbons (Fsp3) is 0. The molecule has 1 aliphatic rings. The van der Waals surface area contributed by atoms with E-state index in [0.717, 1.165) is 0 Å². The normalized spacial score (nSPS) is 13.0. The SMILES string of the molecule is Nc1cc(N)c2c(c1)C(=O)c1c(O)c(N)cc(N)c1C2=O. The number of rotatable bonds is 0. The summed E-state index contributed by atoms with van der Waals surface area (Å²) in [5.74, 6) is -1.59. The molecule has 0 saturated carbocycles. The number of nitrogens with two attached hydrogens (primary N) is 4. The average molecular weight is 284 g/mol. The van der Waals surface area contributed by atoms with Crippen molar-refractivity contribution in [2.45, 2.75) is 0 Å². The van der Waals surface area contributed by atoms with Crippen LogP contribution < -0.4 is 22.9 Å². The second kappa shape index (κ2) is 3.89. The summed E-state index contributed by atoms with van der Waals surface area (Å²) >= 11 is 0. The molecule has 0 saturated heterocycles. The lowest BCUT2D eigenvalue weighted by atomic mass is 9.81. The van der Waals surface area contributed by atoms with Crippen molar-refractivity contribution in [2.75, 3.05) is 22.9 Å². The molecule has 1 aliphatic carbocycles. The number of fused-ring (bicyclic) bond motifs is 2. The Morgan fingerprint density at radius 1 is 0.714 bits per heavy atom. The van der Waals surface area contributed by atoms with Gasteiger partial charge in [-0.1, -0.05) is 0 Å². The minimum absolute atomic E-state index is 0.0144. The lowest BCUT2D eigenvalue weighted by molar-refractivity contribution is 0.0978. The predicted octanol–water partition coefficient (Wildman–Crippen LogP) is 0.496. The van der Waals surface area contributed by atoms with Crippen molar-refractivity contribution in [3.8, 4) is 5.75 Å². The number of carbonyl (C=O) groups is 2.